The van der Waals surface area contributed by atoms with Crippen LogP contribution in [-0.4, -0.2) is 41.1 Å². The van der Waals surface area contributed by atoms with Crippen molar-refractivity contribution in [2.75, 3.05) is 26.6 Å². The Hall–Kier alpha value is -4.53. The minimum absolute atomic E-state index is 0.301. The summed E-state index contributed by atoms with van der Waals surface area (Å²) in [7, 11) is 4.80. The maximum absolute atomic E-state index is 6.73. The Kier molecular flexibility index (Phi) is 5.25. The Balaban J connectivity index is 1.63. The van der Waals surface area contributed by atoms with Gasteiger partial charge in [0.15, 0.2) is 11.5 Å². The summed E-state index contributed by atoms with van der Waals surface area (Å²) in [5.41, 5.74) is 5.83. The first-order chi connectivity index (χ1) is 17.6. The van der Waals surface area contributed by atoms with Crippen molar-refractivity contribution in [3.05, 3.63) is 89.0 Å². The number of hydrogen-bond donors (Lipinski definition) is 1. The van der Waals surface area contributed by atoms with E-state index in [-0.39, 0.29) is 6.04 Å². The highest BCUT2D eigenvalue weighted by Crippen LogP contribution is 2.52. The fourth-order valence-corrected chi connectivity index (χ4v) is 4.97. The van der Waals surface area contributed by atoms with E-state index in [1.165, 1.54) is 0 Å². The van der Waals surface area contributed by atoms with Crippen molar-refractivity contribution in [3.63, 3.8) is 0 Å². The lowest BCUT2D eigenvalue weighted by atomic mass is 9.84. The average molecular weight is 484 g/mol. The van der Waals surface area contributed by atoms with Gasteiger partial charge < -0.3 is 24.3 Å². The van der Waals surface area contributed by atoms with E-state index in [0.29, 0.717) is 23.2 Å². The van der Waals surface area contributed by atoms with Gasteiger partial charge in [0.25, 0.3) is 0 Å². The first-order valence-corrected chi connectivity index (χ1v) is 11.5. The quantitative estimate of drug-likeness (QED) is 0.441. The molecule has 0 spiro atoms. The molecule has 2 atom stereocenters. The standard InChI is InChI=1S/C27H25N5O4/c1-15-7-8-19-18(10-15)23-22(24(16-6-5-9-28-13-16)32-27(31-23)29-14-30-32)25(36-19)17-11-20(33-2)26(35-4)21(12-17)34-3/h5-14,24-25H,1-4H3,(H,29,30,31)/t24-,25-/m0/s1. The van der Waals surface area contributed by atoms with Crippen molar-refractivity contribution in [1.29, 1.82) is 0 Å². The van der Waals surface area contributed by atoms with Crippen LogP contribution in [0.4, 0.5) is 5.95 Å². The average Bonchev–Trinajstić information content (AvgIpc) is 3.39. The summed E-state index contributed by atoms with van der Waals surface area (Å²) >= 11 is 0. The highest BCUT2D eigenvalue weighted by Gasteiger charge is 2.41. The van der Waals surface area contributed by atoms with E-state index in [1.54, 1.807) is 33.9 Å². The zero-order valence-corrected chi connectivity index (χ0v) is 20.4. The number of nitrogens with zero attached hydrogens (tertiary/aromatic N) is 4. The van der Waals surface area contributed by atoms with Crippen molar-refractivity contribution < 1.29 is 18.9 Å². The van der Waals surface area contributed by atoms with Gasteiger partial charge in [-0.05, 0) is 42.8 Å². The Labute approximate surface area is 208 Å². The third-order valence-electron chi connectivity index (χ3n) is 6.56. The first kappa shape index (κ1) is 22.0. The molecule has 0 aliphatic carbocycles. The minimum atomic E-state index is -0.487. The van der Waals surface area contributed by atoms with Crippen LogP contribution in [-0.2, 0) is 0 Å². The monoisotopic (exact) mass is 483 g/mol. The van der Waals surface area contributed by atoms with Gasteiger partial charge in [-0.15, -0.1) is 0 Å². The summed E-state index contributed by atoms with van der Waals surface area (Å²) in [6, 6.07) is 13.7. The van der Waals surface area contributed by atoms with E-state index in [9.17, 15) is 0 Å². The minimum Gasteiger partial charge on any atom is -0.493 e. The second-order valence-corrected chi connectivity index (χ2v) is 8.63. The first-order valence-electron chi connectivity index (χ1n) is 11.5. The zero-order chi connectivity index (χ0) is 24.8. The van der Waals surface area contributed by atoms with Crippen LogP contribution in [0.2, 0.25) is 0 Å². The summed E-state index contributed by atoms with van der Waals surface area (Å²) in [6.45, 7) is 2.07. The highest BCUT2D eigenvalue weighted by atomic mass is 16.5. The Morgan fingerprint density at radius 3 is 2.47 bits per heavy atom. The molecule has 36 heavy (non-hydrogen) atoms. The van der Waals surface area contributed by atoms with Gasteiger partial charge in [0.05, 0.1) is 27.0 Å². The molecule has 0 radical (unpaired) electrons. The fraction of sp³-hybridized carbons (Fsp3) is 0.222. The molecular weight excluding hydrogens is 458 g/mol. The number of ether oxygens (including phenoxy) is 4. The number of nitrogens with one attached hydrogen (secondary N) is 1. The Morgan fingerprint density at radius 1 is 0.972 bits per heavy atom. The van der Waals surface area contributed by atoms with Gasteiger partial charge in [-0.2, -0.15) is 10.1 Å². The van der Waals surface area contributed by atoms with E-state index < -0.39 is 6.10 Å². The summed E-state index contributed by atoms with van der Waals surface area (Å²) in [4.78, 5) is 8.87. The number of benzene rings is 2. The summed E-state index contributed by atoms with van der Waals surface area (Å²) < 4.78 is 25.5. The lowest BCUT2D eigenvalue weighted by molar-refractivity contribution is 0.221. The molecule has 1 N–H and O–H groups in total. The van der Waals surface area contributed by atoms with Crippen LogP contribution in [0.15, 0.2) is 66.8 Å². The van der Waals surface area contributed by atoms with Gasteiger partial charge in [-0.25, -0.2) is 4.68 Å². The molecule has 6 rings (SSSR count). The van der Waals surface area contributed by atoms with Crippen molar-refractivity contribution in [3.8, 4) is 23.0 Å². The molecule has 0 saturated carbocycles. The number of methoxy groups -OCH3 is 3. The fourth-order valence-electron chi connectivity index (χ4n) is 4.97. The van der Waals surface area contributed by atoms with Crippen LogP contribution in [0, 0.1) is 6.92 Å². The number of aromatic nitrogens is 4. The lowest BCUT2D eigenvalue weighted by Gasteiger charge is -2.39. The summed E-state index contributed by atoms with van der Waals surface area (Å²) in [5, 5.41) is 8.08. The SMILES string of the molecule is COc1cc([C@@H]2Oc3ccc(C)cc3C3=C2[C@H](c2cccnc2)n2ncnc2N3)cc(OC)c1OC. The van der Waals surface area contributed by atoms with Gasteiger partial charge in [0.2, 0.25) is 11.7 Å². The molecule has 0 bridgehead atoms. The van der Waals surface area contributed by atoms with Gasteiger partial charge >= 0.3 is 0 Å². The molecule has 2 aromatic carbocycles. The van der Waals surface area contributed by atoms with Gasteiger partial charge in [0, 0.05) is 29.1 Å². The van der Waals surface area contributed by atoms with Crippen molar-refractivity contribution in [1.82, 2.24) is 19.7 Å². The number of fused-ring (bicyclic) bond motifs is 3. The number of rotatable bonds is 5. The van der Waals surface area contributed by atoms with Gasteiger partial charge in [-0.1, -0.05) is 17.7 Å². The highest BCUT2D eigenvalue weighted by molar-refractivity contribution is 5.85. The van der Waals surface area contributed by atoms with Crippen LogP contribution in [0.25, 0.3) is 5.70 Å². The predicted octanol–water partition coefficient (Wildman–Crippen LogP) is 4.57. The number of anilines is 1. The third kappa shape index (κ3) is 3.35. The molecule has 4 heterocycles. The van der Waals surface area contributed by atoms with Crippen molar-refractivity contribution in [2.45, 2.75) is 19.1 Å². The van der Waals surface area contributed by atoms with Gasteiger partial charge in [-0.3, -0.25) is 4.98 Å². The Bertz CT molecular complexity index is 1460. The van der Waals surface area contributed by atoms with E-state index >= 15 is 0 Å². The Morgan fingerprint density at radius 2 is 1.78 bits per heavy atom. The normalized spacial score (nSPS) is 17.8. The van der Waals surface area contributed by atoms with Crippen molar-refractivity contribution >= 4 is 11.6 Å². The molecule has 0 amide bonds. The molecule has 2 aromatic heterocycles. The second kappa shape index (κ2) is 8.60. The molecule has 0 unspecified atom stereocenters. The maximum Gasteiger partial charge on any atom is 0.226 e. The zero-order valence-electron chi connectivity index (χ0n) is 20.4. The molecule has 9 nitrogen and oxygen atoms in total. The molecule has 2 aliphatic heterocycles. The lowest BCUT2D eigenvalue weighted by Crippen LogP contribution is -2.32. The summed E-state index contributed by atoms with van der Waals surface area (Å²) in [6.07, 6.45) is 4.68. The van der Waals surface area contributed by atoms with E-state index in [1.807, 2.05) is 47.3 Å². The molecule has 0 fully saturated rings. The van der Waals surface area contributed by atoms with Crippen LogP contribution >= 0.6 is 0 Å². The van der Waals surface area contributed by atoms with Crippen LogP contribution in [0.3, 0.4) is 0 Å². The summed E-state index contributed by atoms with van der Waals surface area (Å²) in [5.74, 6) is 3.05. The smallest absolute Gasteiger partial charge is 0.226 e. The van der Waals surface area contributed by atoms with E-state index in [2.05, 4.69) is 33.4 Å². The van der Waals surface area contributed by atoms with Crippen LogP contribution < -0.4 is 24.3 Å². The molecular formula is C27H25N5O4. The molecule has 9 heteroatoms. The molecule has 2 aliphatic rings. The number of pyridine rings is 1. The molecule has 4 aromatic rings. The van der Waals surface area contributed by atoms with Crippen LogP contribution in [0.1, 0.15) is 34.4 Å². The van der Waals surface area contributed by atoms with Gasteiger partial charge in [0.1, 0.15) is 24.2 Å². The van der Waals surface area contributed by atoms with Crippen molar-refractivity contribution in [2.24, 2.45) is 0 Å². The topological polar surface area (TPSA) is 92.6 Å². The largest absolute Gasteiger partial charge is 0.493 e. The second-order valence-electron chi connectivity index (χ2n) is 8.63. The third-order valence-corrected chi connectivity index (χ3v) is 6.56. The predicted molar refractivity (Wildman–Crippen MR) is 134 cm³/mol. The maximum atomic E-state index is 6.73. The molecule has 0 saturated heterocycles. The molecule has 182 valence electrons. The van der Waals surface area contributed by atoms with E-state index in [0.717, 1.165) is 39.3 Å². The van der Waals surface area contributed by atoms with E-state index in [4.69, 9.17) is 18.9 Å². The van der Waals surface area contributed by atoms with Crippen LogP contribution in [0.5, 0.6) is 23.0 Å². The number of aryl methyl sites for hydroxylation is 1. The number of hydrogen-bond acceptors (Lipinski definition) is 8.